The van der Waals surface area contributed by atoms with Gasteiger partial charge in [0.1, 0.15) is 5.78 Å². The molecular weight excluding hydrogens is 124 g/mol. The molecule has 10 heavy (non-hydrogen) atoms. The third kappa shape index (κ3) is 1.35. The van der Waals surface area contributed by atoms with E-state index in [2.05, 4.69) is 13.5 Å². The van der Waals surface area contributed by atoms with Gasteiger partial charge in [0.2, 0.25) is 0 Å². The van der Waals surface area contributed by atoms with Gasteiger partial charge in [0.25, 0.3) is 0 Å². The Kier molecular flexibility index (Phi) is 2.05. The summed E-state index contributed by atoms with van der Waals surface area (Å²) in [6.07, 6.45) is 4.06. The van der Waals surface area contributed by atoms with Crippen molar-refractivity contribution in [1.29, 1.82) is 0 Å². The van der Waals surface area contributed by atoms with Crippen LogP contribution in [0.4, 0.5) is 0 Å². The van der Waals surface area contributed by atoms with Crippen molar-refractivity contribution < 1.29 is 4.79 Å². The minimum absolute atomic E-state index is 0.348. The minimum Gasteiger partial charge on any atom is -0.299 e. The molecular formula is C9H12O. The fraction of sp³-hybridized carbons (Fsp3) is 0.444. The first-order valence-electron chi connectivity index (χ1n) is 3.57. The Morgan fingerprint density at radius 1 is 1.50 bits per heavy atom. The largest absolute Gasteiger partial charge is 0.299 e. The van der Waals surface area contributed by atoms with E-state index in [0.717, 1.165) is 18.4 Å². The number of rotatable bonds is 1. The zero-order valence-electron chi connectivity index (χ0n) is 6.31. The van der Waals surface area contributed by atoms with E-state index in [1.165, 1.54) is 5.57 Å². The zero-order valence-corrected chi connectivity index (χ0v) is 6.31. The molecule has 1 aliphatic rings. The summed E-state index contributed by atoms with van der Waals surface area (Å²) in [4.78, 5) is 10.9. The molecule has 0 aromatic carbocycles. The molecule has 0 aromatic rings. The number of carbonyl (C=O) groups is 1. The predicted octanol–water partition coefficient (Wildman–Crippen LogP) is 2.24. The molecule has 0 atom stereocenters. The van der Waals surface area contributed by atoms with Gasteiger partial charge in [-0.25, -0.2) is 0 Å². The normalized spacial score (nSPS) is 19.5. The van der Waals surface area contributed by atoms with Crippen LogP contribution in [0.2, 0.25) is 0 Å². The van der Waals surface area contributed by atoms with Crippen LogP contribution in [0.3, 0.4) is 0 Å². The molecule has 1 heteroatoms. The maximum atomic E-state index is 10.9. The minimum atomic E-state index is 0.348. The van der Waals surface area contributed by atoms with Gasteiger partial charge >= 0.3 is 0 Å². The number of Topliss-reactive ketones (excluding diaryl/α,β-unsaturated/α-hetero) is 1. The molecule has 1 aliphatic carbocycles. The van der Waals surface area contributed by atoms with Gasteiger partial charge in [0.15, 0.2) is 0 Å². The first-order valence-corrected chi connectivity index (χ1v) is 3.57. The SMILES string of the molecule is C=CC1=C(C)CCC(=O)C1. The highest BCUT2D eigenvalue weighted by atomic mass is 16.1. The van der Waals surface area contributed by atoms with E-state index in [1.807, 2.05) is 0 Å². The molecule has 0 saturated heterocycles. The van der Waals surface area contributed by atoms with Gasteiger partial charge in [-0.15, -0.1) is 0 Å². The number of allylic oxidation sites excluding steroid dienone is 3. The lowest BCUT2D eigenvalue weighted by Crippen LogP contribution is -2.06. The van der Waals surface area contributed by atoms with Gasteiger partial charge in [0.05, 0.1) is 0 Å². The molecule has 0 heterocycles. The van der Waals surface area contributed by atoms with Crippen molar-refractivity contribution in [2.75, 3.05) is 0 Å². The summed E-state index contributed by atoms with van der Waals surface area (Å²) < 4.78 is 0. The molecule has 0 aromatic heterocycles. The summed E-state index contributed by atoms with van der Waals surface area (Å²) in [6.45, 7) is 5.73. The van der Waals surface area contributed by atoms with E-state index < -0.39 is 0 Å². The van der Waals surface area contributed by atoms with E-state index in [4.69, 9.17) is 0 Å². The number of carbonyl (C=O) groups excluding carboxylic acids is 1. The van der Waals surface area contributed by atoms with Crippen molar-refractivity contribution >= 4 is 5.78 Å². The quantitative estimate of drug-likeness (QED) is 0.540. The van der Waals surface area contributed by atoms with Crippen molar-refractivity contribution in [2.45, 2.75) is 26.2 Å². The second-order valence-electron chi connectivity index (χ2n) is 2.73. The molecule has 0 aliphatic heterocycles. The van der Waals surface area contributed by atoms with Crippen LogP contribution in [-0.4, -0.2) is 5.78 Å². The molecule has 0 radical (unpaired) electrons. The fourth-order valence-electron chi connectivity index (χ4n) is 1.19. The van der Waals surface area contributed by atoms with Crippen LogP contribution in [-0.2, 0) is 4.79 Å². The second kappa shape index (κ2) is 2.82. The molecule has 54 valence electrons. The maximum absolute atomic E-state index is 10.9. The lowest BCUT2D eigenvalue weighted by molar-refractivity contribution is -0.118. The van der Waals surface area contributed by atoms with Gasteiger partial charge in [-0.1, -0.05) is 18.2 Å². The highest BCUT2D eigenvalue weighted by Gasteiger charge is 2.12. The van der Waals surface area contributed by atoms with Crippen molar-refractivity contribution in [3.05, 3.63) is 23.8 Å². The molecule has 0 amide bonds. The number of hydrogen-bond donors (Lipinski definition) is 0. The highest BCUT2D eigenvalue weighted by molar-refractivity contribution is 5.83. The topological polar surface area (TPSA) is 17.1 Å². The number of ketones is 1. The third-order valence-electron chi connectivity index (χ3n) is 1.96. The van der Waals surface area contributed by atoms with Crippen LogP contribution in [0.15, 0.2) is 23.8 Å². The lowest BCUT2D eigenvalue weighted by Gasteiger charge is -2.12. The van der Waals surface area contributed by atoms with Crippen molar-refractivity contribution in [1.82, 2.24) is 0 Å². The average Bonchev–Trinajstić information content (AvgIpc) is 1.94. The zero-order chi connectivity index (χ0) is 7.56. The van der Waals surface area contributed by atoms with Crippen molar-refractivity contribution in [3.8, 4) is 0 Å². The standard InChI is InChI=1S/C9H12O/c1-3-8-6-9(10)5-4-7(8)2/h3H,1,4-6H2,2H3. The number of hydrogen-bond acceptors (Lipinski definition) is 1. The smallest absolute Gasteiger partial charge is 0.137 e. The Morgan fingerprint density at radius 3 is 2.70 bits per heavy atom. The maximum Gasteiger partial charge on any atom is 0.137 e. The van der Waals surface area contributed by atoms with Gasteiger partial charge in [-0.2, -0.15) is 0 Å². The Morgan fingerprint density at radius 2 is 2.20 bits per heavy atom. The molecule has 0 N–H and O–H groups in total. The summed E-state index contributed by atoms with van der Waals surface area (Å²) in [7, 11) is 0. The van der Waals surface area contributed by atoms with E-state index in [1.54, 1.807) is 6.08 Å². The van der Waals surface area contributed by atoms with Gasteiger partial charge in [-0.3, -0.25) is 4.79 Å². The van der Waals surface area contributed by atoms with Gasteiger partial charge < -0.3 is 0 Å². The van der Waals surface area contributed by atoms with E-state index in [0.29, 0.717) is 12.2 Å². The molecule has 0 bridgehead atoms. The molecule has 0 saturated carbocycles. The van der Waals surface area contributed by atoms with Gasteiger partial charge in [0, 0.05) is 12.8 Å². The first kappa shape index (κ1) is 7.26. The fourth-order valence-corrected chi connectivity index (χ4v) is 1.19. The predicted molar refractivity (Wildman–Crippen MR) is 41.8 cm³/mol. The van der Waals surface area contributed by atoms with Crippen LogP contribution in [0, 0.1) is 0 Å². The third-order valence-corrected chi connectivity index (χ3v) is 1.96. The Balaban J connectivity index is 2.81. The average molecular weight is 136 g/mol. The molecule has 1 nitrogen and oxygen atoms in total. The summed E-state index contributed by atoms with van der Waals surface area (Å²) in [5.74, 6) is 0.348. The highest BCUT2D eigenvalue weighted by Crippen LogP contribution is 2.21. The summed E-state index contributed by atoms with van der Waals surface area (Å²) in [5, 5.41) is 0. The van der Waals surface area contributed by atoms with Crippen molar-refractivity contribution in [3.63, 3.8) is 0 Å². The van der Waals surface area contributed by atoms with Crippen LogP contribution < -0.4 is 0 Å². The Hall–Kier alpha value is -0.850. The van der Waals surface area contributed by atoms with Crippen LogP contribution >= 0.6 is 0 Å². The summed E-state index contributed by atoms with van der Waals surface area (Å²) in [5.41, 5.74) is 2.46. The molecule has 0 spiro atoms. The van der Waals surface area contributed by atoms with Crippen LogP contribution in [0.25, 0.3) is 0 Å². The second-order valence-corrected chi connectivity index (χ2v) is 2.73. The molecule has 0 fully saturated rings. The lowest BCUT2D eigenvalue weighted by atomic mass is 9.92. The van der Waals surface area contributed by atoms with Crippen molar-refractivity contribution in [2.24, 2.45) is 0 Å². The monoisotopic (exact) mass is 136 g/mol. The van der Waals surface area contributed by atoms with E-state index in [9.17, 15) is 4.79 Å². The summed E-state index contributed by atoms with van der Waals surface area (Å²) >= 11 is 0. The molecule has 0 unspecified atom stereocenters. The summed E-state index contributed by atoms with van der Waals surface area (Å²) in [6, 6.07) is 0. The van der Waals surface area contributed by atoms with Gasteiger partial charge in [-0.05, 0) is 18.9 Å². The Labute approximate surface area is 61.4 Å². The van der Waals surface area contributed by atoms with Crippen LogP contribution in [0.5, 0.6) is 0 Å². The molecule has 1 rings (SSSR count). The van der Waals surface area contributed by atoms with E-state index in [-0.39, 0.29) is 0 Å². The first-order chi connectivity index (χ1) is 4.74. The van der Waals surface area contributed by atoms with E-state index >= 15 is 0 Å². The van der Waals surface area contributed by atoms with Crippen LogP contribution in [0.1, 0.15) is 26.2 Å². The Bertz CT molecular complexity index is 199.